The second-order valence-corrected chi connectivity index (χ2v) is 4.40. The van der Waals surface area contributed by atoms with Crippen molar-refractivity contribution in [3.8, 4) is 0 Å². The van der Waals surface area contributed by atoms with E-state index in [0.717, 1.165) is 28.4 Å². The highest BCUT2D eigenvalue weighted by atomic mass is 16.5. The van der Waals surface area contributed by atoms with Crippen molar-refractivity contribution in [1.29, 1.82) is 0 Å². The molecule has 4 N–H and O–H groups in total. The van der Waals surface area contributed by atoms with Crippen molar-refractivity contribution in [2.75, 3.05) is 20.8 Å². The average molecular weight is 266 g/mol. The van der Waals surface area contributed by atoms with Gasteiger partial charge in [-0.05, 0) is 24.5 Å². The molecular formula is C13H22N4O2. The van der Waals surface area contributed by atoms with E-state index < -0.39 is 6.03 Å². The number of ether oxygens (including phenoxy) is 1. The number of allylic oxidation sites excluding steroid dienone is 4. The van der Waals surface area contributed by atoms with Crippen LogP contribution in [0.1, 0.15) is 19.8 Å². The van der Waals surface area contributed by atoms with Gasteiger partial charge in [-0.25, -0.2) is 21.5 Å². The SMILES string of the molecule is CCC1=CC=CC(N(N)C(=O)N(C)N)=C(COC)C1. The second-order valence-electron chi connectivity index (χ2n) is 4.40. The Labute approximate surface area is 113 Å². The normalized spacial score (nSPS) is 15.1. The van der Waals surface area contributed by atoms with Crippen LogP contribution in [0.25, 0.3) is 0 Å². The molecule has 1 rings (SSSR count). The first-order valence-corrected chi connectivity index (χ1v) is 6.15. The lowest BCUT2D eigenvalue weighted by molar-refractivity contribution is 0.176. The highest BCUT2D eigenvalue weighted by Crippen LogP contribution is 2.23. The van der Waals surface area contributed by atoms with Crippen molar-refractivity contribution < 1.29 is 9.53 Å². The van der Waals surface area contributed by atoms with Crippen LogP contribution < -0.4 is 11.7 Å². The molecule has 0 fully saturated rings. The fourth-order valence-corrected chi connectivity index (χ4v) is 1.88. The quantitative estimate of drug-likeness (QED) is 0.456. The van der Waals surface area contributed by atoms with Crippen molar-refractivity contribution in [2.45, 2.75) is 19.8 Å². The third-order valence-corrected chi connectivity index (χ3v) is 2.93. The van der Waals surface area contributed by atoms with E-state index in [4.69, 9.17) is 16.4 Å². The fourth-order valence-electron chi connectivity index (χ4n) is 1.88. The lowest BCUT2D eigenvalue weighted by Crippen LogP contribution is -2.47. The van der Waals surface area contributed by atoms with Crippen molar-refractivity contribution in [2.24, 2.45) is 11.7 Å². The molecule has 6 heteroatoms. The first-order chi connectivity index (χ1) is 9.01. The monoisotopic (exact) mass is 266 g/mol. The van der Waals surface area contributed by atoms with E-state index in [1.807, 2.05) is 12.2 Å². The molecule has 1 aliphatic rings. The summed E-state index contributed by atoms with van der Waals surface area (Å²) in [7, 11) is 3.07. The van der Waals surface area contributed by atoms with Gasteiger partial charge in [-0.2, -0.15) is 0 Å². The molecule has 1 aliphatic carbocycles. The second kappa shape index (κ2) is 7.08. The first-order valence-electron chi connectivity index (χ1n) is 6.15. The summed E-state index contributed by atoms with van der Waals surface area (Å²) in [6.45, 7) is 2.51. The molecule has 0 aromatic carbocycles. The molecule has 0 spiro atoms. The summed E-state index contributed by atoms with van der Waals surface area (Å²) < 4.78 is 5.19. The largest absolute Gasteiger partial charge is 0.380 e. The van der Waals surface area contributed by atoms with Gasteiger partial charge in [-0.3, -0.25) is 5.01 Å². The van der Waals surface area contributed by atoms with Crippen LogP contribution in [-0.4, -0.2) is 36.8 Å². The smallest absolute Gasteiger partial charge is 0.352 e. The molecule has 0 radical (unpaired) electrons. The Morgan fingerprint density at radius 3 is 2.68 bits per heavy atom. The van der Waals surface area contributed by atoms with E-state index in [1.54, 1.807) is 13.2 Å². The van der Waals surface area contributed by atoms with E-state index in [-0.39, 0.29) is 0 Å². The zero-order valence-corrected chi connectivity index (χ0v) is 11.7. The molecule has 0 aliphatic heterocycles. The van der Waals surface area contributed by atoms with Gasteiger partial charge in [-0.15, -0.1) is 0 Å². The van der Waals surface area contributed by atoms with Crippen LogP contribution in [-0.2, 0) is 4.74 Å². The standard InChI is InChI=1S/C13H22N4O2/c1-4-10-6-5-7-12(11(8-10)9-19-3)17(15)13(18)16(2)14/h5-7H,4,8-9,14-15H2,1-3H3. The van der Waals surface area contributed by atoms with Crippen molar-refractivity contribution >= 4 is 6.03 Å². The molecule has 0 aromatic heterocycles. The number of hydrazine groups is 2. The maximum Gasteiger partial charge on any atom is 0.352 e. The summed E-state index contributed by atoms with van der Waals surface area (Å²) >= 11 is 0. The molecule has 2 amide bonds. The average Bonchev–Trinajstić information content (AvgIpc) is 2.59. The van der Waals surface area contributed by atoms with Gasteiger partial charge in [0.25, 0.3) is 0 Å². The van der Waals surface area contributed by atoms with Gasteiger partial charge in [-0.1, -0.05) is 24.6 Å². The number of carbonyl (C=O) groups excluding carboxylic acids is 1. The number of methoxy groups -OCH3 is 1. The molecule has 0 aromatic rings. The zero-order chi connectivity index (χ0) is 14.4. The number of hydrogen-bond acceptors (Lipinski definition) is 4. The van der Waals surface area contributed by atoms with Crippen LogP contribution in [0.3, 0.4) is 0 Å². The number of carbonyl (C=O) groups is 1. The van der Waals surface area contributed by atoms with Crippen molar-refractivity contribution in [3.05, 3.63) is 35.1 Å². The number of hydrogen-bond donors (Lipinski definition) is 2. The number of rotatable bonds is 4. The summed E-state index contributed by atoms with van der Waals surface area (Å²) in [4.78, 5) is 11.8. The Hall–Kier alpha value is -1.63. The molecule has 0 unspecified atom stereocenters. The topological polar surface area (TPSA) is 84.8 Å². The van der Waals surface area contributed by atoms with E-state index in [0.29, 0.717) is 12.3 Å². The first kappa shape index (κ1) is 15.4. The molecule has 19 heavy (non-hydrogen) atoms. The predicted octanol–water partition coefficient (Wildman–Crippen LogP) is 1.28. The number of urea groups is 1. The Bertz CT molecular complexity index is 424. The maximum atomic E-state index is 11.8. The zero-order valence-electron chi connectivity index (χ0n) is 11.7. The van der Waals surface area contributed by atoms with E-state index in [2.05, 4.69) is 6.92 Å². The van der Waals surface area contributed by atoms with Gasteiger partial charge >= 0.3 is 6.03 Å². The predicted molar refractivity (Wildman–Crippen MR) is 74.4 cm³/mol. The van der Waals surface area contributed by atoms with Gasteiger partial charge in [0.1, 0.15) is 0 Å². The Morgan fingerprint density at radius 2 is 2.16 bits per heavy atom. The highest BCUT2D eigenvalue weighted by molar-refractivity contribution is 5.75. The molecule has 106 valence electrons. The number of amides is 2. The van der Waals surface area contributed by atoms with Crippen LogP contribution >= 0.6 is 0 Å². The van der Waals surface area contributed by atoms with E-state index in [9.17, 15) is 4.79 Å². The lowest BCUT2D eigenvalue weighted by atomic mass is 10.0. The summed E-state index contributed by atoms with van der Waals surface area (Å²) in [5.74, 6) is 11.3. The summed E-state index contributed by atoms with van der Waals surface area (Å²) in [5, 5.41) is 2.00. The van der Waals surface area contributed by atoms with Gasteiger partial charge in [0.05, 0.1) is 12.3 Å². The van der Waals surface area contributed by atoms with Gasteiger partial charge < -0.3 is 4.74 Å². The van der Waals surface area contributed by atoms with Gasteiger partial charge in [0, 0.05) is 14.2 Å². The molecule has 0 saturated heterocycles. The third kappa shape index (κ3) is 3.92. The van der Waals surface area contributed by atoms with Gasteiger partial charge in [0.15, 0.2) is 0 Å². The molecule has 0 saturated carbocycles. The molecule has 0 atom stereocenters. The van der Waals surface area contributed by atoms with Crippen LogP contribution in [0.15, 0.2) is 35.1 Å². The summed E-state index contributed by atoms with van der Waals surface area (Å²) in [6, 6.07) is -0.479. The third-order valence-electron chi connectivity index (χ3n) is 2.93. The fraction of sp³-hybridized carbons (Fsp3) is 0.462. The minimum Gasteiger partial charge on any atom is -0.380 e. The molecule has 0 heterocycles. The van der Waals surface area contributed by atoms with Crippen molar-refractivity contribution in [1.82, 2.24) is 10.0 Å². The Balaban J connectivity index is 3.08. The number of nitrogens with zero attached hydrogens (tertiary/aromatic N) is 2. The van der Waals surface area contributed by atoms with E-state index in [1.165, 1.54) is 12.6 Å². The molecule has 0 bridgehead atoms. The lowest BCUT2D eigenvalue weighted by Gasteiger charge is -2.24. The minimum absolute atomic E-state index is 0.423. The Kier molecular flexibility index (Phi) is 5.75. The Morgan fingerprint density at radius 1 is 1.47 bits per heavy atom. The highest BCUT2D eigenvalue weighted by Gasteiger charge is 2.20. The van der Waals surface area contributed by atoms with Crippen LogP contribution in [0, 0.1) is 0 Å². The van der Waals surface area contributed by atoms with Crippen molar-refractivity contribution in [3.63, 3.8) is 0 Å². The van der Waals surface area contributed by atoms with Crippen LogP contribution in [0.5, 0.6) is 0 Å². The van der Waals surface area contributed by atoms with Crippen LogP contribution in [0.2, 0.25) is 0 Å². The number of nitrogens with two attached hydrogens (primary N) is 2. The summed E-state index contributed by atoms with van der Waals surface area (Å²) in [5.41, 5.74) is 2.85. The van der Waals surface area contributed by atoms with E-state index >= 15 is 0 Å². The van der Waals surface area contributed by atoms with Crippen LogP contribution in [0.4, 0.5) is 4.79 Å². The maximum absolute atomic E-state index is 11.8. The minimum atomic E-state index is -0.479. The molecular weight excluding hydrogens is 244 g/mol. The van der Waals surface area contributed by atoms with Gasteiger partial charge in [0.2, 0.25) is 0 Å². The summed E-state index contributed by atoms with van der Waals surface area (Å²) in [6.07, 6.45) is 7.41. The molecule has 6 nitrogen and oxygen atoms in total.